The van der Waals surface area contributed by atoms with E-state index in [0.717, 1.165) is 16.8 Å². The fourth-order valence-electron chi connectivity index (χ4n) is 2.06. The van der Waals surface area contributed by atoms with E-state index in [1.165, 1.54) is 5.56 Å². The molecule has 0 unspecified atom stereocenters. The van der Waals surface area contributed by atoms with Crippen molar-refractivity contribution in [1.82, 2.24) is 4.98 Å². The number of anilines is 1. The molecule has 1 N–H and O–H groups in total. The molecule has 0 radical (unpaired) electrons. The first-order valence-corrected chi connectivity index (χ1v) is 5.87. The van der Waals surface area contributed by atoms with E-state index in [0.29, 0.717) is 5.56 Å². The standard InChI is InChI=1S/C15H16N2O/c1-10-7-11(2)14(12(3)8-10)17-15(18)13-5-4-6-16-9-13/h4-9H,1-3H3,(H,17,18). The molecule has 2 rings (SSSR count). The van der Waals surface area contributed by atoms with Crippen molar-refractivity contribution in [2.45, 2.75) is 20.8 Å². The van der Waals surface area contributed by atoms with Gasteiger partial charge in [0.1, 0.15) is 0 Å². The van der Waals surface area contributed by atoms with Crippen molar-refractivity contribution in [3.05, 3.63) is 58.9 Å². The minimum Gasteiger partial charge on any atom is -0.321 e. The lowest BCUT2D eigenvalue weighted by Crippen LogP contribution is -2.14. The molecule has 0 saturated carbocycles. The van der Waals surface area contributed by atoms with Crippen LogP contribution in [0, 0.1) is 20.8 Å². The maximum absolute atomic E-state index is 12.1. The predicted molar refractivity (Wildman–Crippen MR) is 72.8 cm³/mol. The summed E-state index contributed by atoms with van der Waals surface area (Å²) in [5.74, 6) is -0.127. The molecule has 0 aliphatic carbocycles. The quantitative estimate of drug-likeness (QED) is 0.875. The van der Waals surface area contributed by atoms with Crippen LogP contribution in [-0.4, -0.2) is 10.9 Å². The zero-order valence-electron chi connectivity index (χ0n) is 10.8. The topological polar surface area (TPSA) is 42.0 Å². The molecule has 0 aliphatic heterocycles. The number of nitrogens with one attached hydrogen (secondary N) is 1. The van der Waals surface area contributed by atoms with Crippen molar-refractivity contribution >= 4 is 11.6 Å². The number of pyridine rings is 1. The van der Waals surface area contributed by atoms with Gasteiger partial charge in [-0.2, -0.15) is 0 Å². The van der Waals surface area contributed by atoms with Crippen molar-refractivity contribution in [3.8, 4) is 0 Å². The minimum atomic E-state index is -0.127. The van der Waals surface area contributed by atoms with E-state index in [-0.39, 0.29) is 5.91 Å². The van der Waals surface area contributed by atoms with Gasteiger partial charge >= 0.3 is 0 Å². The van der Waals surface area contributed by atoms with Gasteiger partial charge in [-0.3, -0.25) is 9.78 Å². The van der Waals surface area contributed by atoms with Crippen LogP contribution in [0.2, 0.25) is 0 Å². The molecule has 0 bridgehead atoms. The van der Waals surface area contributed by atoms with E-state index in [1.54, 1.807) is 24.5 Å². The summed E-state index contributed by atoms with van der Waals surface area (Å²) in [6, 6.07) is 7.63. The summed E-state index contributed by atoms with van der Waals surface area (Å²) >= 11 is 0. The highest BCUT2D eigenvalue weighted by Gasteiger charge is 2.09. The number of hydrogen-bond acceptors (Lipinski definition) is 2. The zero-order valence-corrected chi connectivity index (χ0v) is 10.8. The number of carbonyl (C=O) groups excluding carboxylic acids is 1. The SMILES string of the molecule is Cc1cc(C)c(NC(=O)c2cccnc2)c(C)c1. The first kappa shape index (κ1) is 12.3. The molecular weight excluding hydrogens is 224 g/mol. The summed E-state index contributed by atoms with van der Waals surface area (Å²) in [4.78, 5) is 16.0. The van der Waals surface area contributed by atoms with Gasteiger partial charge in [-0.1, -0.05) is 17.7 Å². The van der Waals surface area contributed by atoms with Crippen LogP contribution < -0.4 is 5.32 Å². The smallest absolute Gasteiger partial charge is 0.257 e. The van der Waals surface area contributed by atoms with E-state index in [9.17, 15) is 4.79 Å². The van der Waals surface area contributed by atoms with Gasteiger partial charge < -0.3 is 5.32 Å². The molecule has 0 saturated heterocycles. The van der Waals surface area contributed by atoms with Crippen molar-refractivity contribution in [2.24, 2.45) is 0 Å². The molecule has 0 fully saturated rings. The van der Waals surface area contributed by atoms with Gasteiger partial charge in [-0.25, -0.2) is 0 Å². The largest absolute Gasteiger partial charge is 0.321 e. The highest BCUT2D eigenvalue weighted by Crippen LogP contribution is 2.22. The molecule has 0 spiro atoms. The Bertz CT molecular complexity index is 553. The van der Waals surface area contributed by atoms with Gasteiger partial charge in [0.2, 0.25) is 0 Å². The molecule has 1 aromatic heterocycles. The van der Waals surface area contributed by atoms with E-state index in [1.807, 2.05) is 20.8 Å². The zero-order chi connectivity index (χ0) is 13.1. The summed E-state index contributed by atoms with van der Waals surface area (Å²) in [5, 5.41) is 2.94. The van der Waals surface area contributed by atoms with E-state index in [4.69, 9.17) is 0 Å². The highest BCUT2D eigenvalue weighted by molar-refractivity contribution is 6.04. The van der Waals surface area contributed by atoms with Crippen LogP contribution >= 0.6 is 0 Å². The van der Waals surface area contributed by atoms with Crippen LogP contribution in [0.4, 0.5) is 5.69 Å². The Kier molecular flexibility index (Phi) is 3.42. The van der Waals surface area contributed by atoms with Crippen LogP contribution in [0.15, 0.2) is 36.7 Å². The van der Waals surface area contributed by atoms with Crippen LogP contribution in [0.3, 0.4) is 0 Å². The number of carbonyl (C=O) groups is 1. The monoisotopic (exact) mass is 240 g/mol. The lowest BCUT2D eigenvalue weighted by molar-refractivity contribution is 0.102. The summed E-state index contributed by atoms with van der Waals surface area (Å²) in [5.41, 5.74) is 4.80. The first-order valence-electron chi connectivity index (χ1n) is 5.87. The Hall–Kier alpha value is -2.16. The Balaban J connectivity index is 2.28. The Morgan fingerprint density at radius 1 is 1.17 bits per heavy atom. The molecule has 1 heterocycles. The highest BCUT2D eigenvalue weighted by atomic mass is 16.1. The molecule has 1 aromatic carbocycles. The van der Waals surface area contributed by atoms with Crippen LogP contribution in [-0.2, 0) is 0 Å². The molecule has 18 heavy (non-hydrogen) atoms. The summed E-state index contributed by atoms with van der Waals surface area (Å²) in [6.45, 7) is 6.05. The third-order valence-electron chi connectivity index (χ3n) is 2.84. The molecule has 2 aromatic rings. The second-order valence-corrected chi connectivity index (χ2v) is 4.47. The van der Waals surface area contributed by atoms with Crippen LogP contribution in [0.1, 0.15) is 27.0 Å². The number of rotatable bonds is 2. The fraction of sp³-hybridized carbons (Fsp3) is 0.200. The second-order valence-electron chi connectivity index (χ2n) is 4.47. The van der Waals surface area contributed by atoms with Crippen molar-refractivity contribution in [2.75, 3.05) is 5.32 Å². The van der Waals surface area contributed by atoms with Crippen molar-refractivity contribution in [1.29, 1.82) is 0 Å². The van der Waals surface area contributed by atoms with Crippen molar-refractivity contribution < 1.29 is 4.79 Å². The second kappa shape index (κ2) is 5.00. The molecular formula is C15H16N2O. The molecule has 1 amide bonds. The maximum Gasteiger partial charge on any atom is 0.257 e. The number of benzene rings is 1. The van der Waals surface area contributed by atoms with Crippen LogP contribution in [0.5, 0.6) is 0 Å². The predicted octanol–water partition coefficient (Wildman–Crippen LogP) is 3.26. The Morgan fingerprint density at radius 2 is 1.83 bits per heavy atom. The van der Waals surface area contributed by atoms with Gasteiger partial charge in [0.05, 0.1) is 5.56 Å². The number of amides is 1. The van der Waals surface area contributed by atoms with Crippen molar-refractivity contribution in [3.63, 3.8) is 0 Å². The van der Waals surface area contributed by atoms with Gasteiger partial charge in [0, 0.05) is 18.1 Å². The lowest BCUT2D eigenvalue weighted by Gasteiger charge is -2.12. The summed E-state index contributed by atoms with van der Waals surface area (Å²) < 4.78 is 0. The number of aryl methyl sites for hydroxylation is 3. The normalized spacial score (nSPS) is 10.2. The van der Waals surface area contributed by atoms with Gasteiger partial charge in [0.15, 0.2) is 0 Å². The molecule has 92 valence electrons. The average molecular weight is 240 g/mol. The average Bonchev–Trinajstić information content (AvgIpc) is 2.34. The Morgan fingerprint density at radius 3 is 2.39 bits per heavy atom. The maximum atomic E-state index is 12.1. The van der Waals surface area contributed by atoms with Gasteiger partial charge in [0.25, 0.3) is 5.91 Å². The van der Waals surface area contributed by atoms with Crippen LogP contribution in [0.25, 0.3) is 0 Å². The third-order valence-corrected chi connectivity index (χ3v) is 2.84. The minimum absolute atomic E-state index is 0.127. The third kappa shape index (κ3) is 2.56. The molecule has 0 atom stereocenters. The van der Waals surface area contributed by atoms with E-state index >= 15 is 0 Å². The number of hydrogen-bond donors (Lipinski definition) is 1. The molecule has 3 nitrogen and oxygen atoms in total. The Labute approximate surface area is 107 Å². The number of nitrogens with zero attached hydrogens (tertiary/aromatic N) is 1. The summed E-state index contributed by atoms with van der Waals surface area (Å²) in [6.07, 6.45) is 3.22. The van der Waals surface area contributed by atoms with Gasteiger partial charge in [-0.15, -0.1) is 0 Å². The number of aromatic nitrogens is 1. The summed E-state index contributed by atoms with van der Waals surface area (Å²) in [7, 11) is 0. The lowest BCUT2D eigenvalue weighted by atomic mass is 10.0. The first-order chi connectivity index (χ1) is 8.58. The van der Waals surface area contributed by atoms with E-state index < -0.39 is 0 Å². The molecule has 3 heteroatoms. The molecule has 0 aliphatic rings. The van der Waals surface area contributed by atoms with E-state index in [2.05, 4.69) is 22.4 Å². The fourth-order valence-corrected chi connectivity index (χ4v) is 2.06. The van der Waals surface area contributed by atoms with Gasteiger partial charge in [-0.05, 0) is 44.0 Å².